The smallest absolute Gasteiger partial charge is 0.232 e. The molecular formula is C20H24N2O2S. The van der Waals surface area contributed by atoms with E-state index in [2.05, 4.69) is 4.98 Å². The van der Waals surface area contributed by atoms with Crippen LogP contribution in [0.15, 0.2) is 36.5 Å². The lowest BCUT2D eigenvalue weighted by Crippen LogP contribution is -2.32. The van der Waals surface area contributed by atoms with Gasteiger partial charge in [-0.1, -0.05) is 31.0 Å². The maximum Gasteiger partial charge on any atom is 0.232 e. The van der Waals surface area contributed by atoms with Crippen LogP contribution >= 0.6 is 11.8 Å². The summed E-state index contributed by atoms with van der Waals surface area (Å²) in [6, 6.07) is 9.98. The van der Waals surface area contributed by atoms with Gasteiger partial charge in [-0.2, -0.15) is 0 Å². The van der Waals surface area contributed by atoms with E-state index in [1.165, 1.54) is 25.7 Å². The van der Waals surface area contributed by atoms with E-state index in [-0.39, 0.29) is 12.0 Å². The number of amides is 1. The van der Waals surface area contributed by atoms with Gasteiger partial charge in [0.05, 0.1) is 12.3 Å². The third-order valence-electron chi connectivity index (χ3n) is 5.13. The number of rotatable bonds is 5. The second kappa shape index (κ2) is 7.65. The lowest BCUT2D eigenvalue weighted by molar-refractivity contribution is -0.127. The summed E-state index contributed by atoms with van der Waals surface area (Å²) in [5.41, 5.74) is 0.895. The molecule has 1 saturated carbocycles. The molecule has 1 aromatic carbocycles. The maximum atomic E-state index is 12.4. The molecule has 2 heterocycles. The molecule has 2 aromatic rings. The Morgan fingerprint density at radius 3 is 2.92 bits per heavy atom. The molecular weight excluding hydrogens is 332 g/mol. The van der Waals surface area contributed by atoms with E-state index in [1.807, 2.05) is 47.0 Å². The zero-order valence-electron chi connectivity index (χ0n) is 14.4. The second-order valence-electron chi connectivity index (χ2n) is 6.92. The lowest BCUT2D eigenvalue weighted by atomic mass is 10.2. The highest BCUT2D eigenvalue weighted by atomic mass is 32.2. The Balaban J connectivity index is 1.33. The summed E-state index contributed by atoms with van der Waals surface area (Å²) in [6.45, 7) is 1.49. The number of hydrogen-bond acceptors (Lipinski definition) is 4. The van der Waals surface area contributed by atoms with Crippen LogP contribution in [0.1, 0.15) is 32.1 Å². The molecule has 1 aliphatic carbocycles. The summed E-state index contributed by atoms with van der Waals surface area (Å²) < 4.78 is 6.18. The van der Waals surface area contributed by atoms with E-state index in [1.54, 1.807) is 6.20 Å². The van der Waals surface area contributed by atoms with Crippen LogP contribution in [0, 0.1) is 0 Å². The Bertz CT molecular complexity index is 740. The normalized spacial score (nSPS) is 21.1. The van der Waals surface area contributed by atoms with Gasteiger partial charge in [0.1, 0.15) is 17.4 Å². The quantitative estimate of drug-likeness (QED) is 0.815. The molecule has 1 unspecified atom stereocenters. The first-order valence-electron chi connectivity index (χ1n) is 9.19. The summed E-state index contributed by atoms with van der Waals surface area (Å²) in [5.74, 6) is 1.70. The van der Waals surface area contributed by atoms with E-state index < -0.39 is 0 Å². The van der Waals surface area contributed by atoms with Crippen LogP contribution < -0.4 is 4.74 Å². The minimum Gasteiger partial charge on any atom is -0.486 e. The minimum absolute atomic E-state index is 0.0630. The number of fused-ring (bicyclic) bond motifs is 1. The molecule has 1 aliphatic heterocycles. The number of para-hydroxylation sites is 1. The highest BCUT2D eigenvalue weighted by Crippen LogP contribution is 2.30. The SMILES string of the molecule is O=C(CSC1CCCC1)N1CCC(Oc2cccc3cccnc23)C1. The van der Waals surface area contributed by atoms with Gasteiger partial charge < -0.3 is 9.64 Å². The van der Waals surface area contributed by atoms with Crippen LogP contribution in [0.3, 0.4) is 0 Å². The van der Waals surface area contributed by atoms with Gasteiger partial charge in [0.2, 0.25) is 5.91 Å². The fourth-order valence-corrected chi connectivity index (χ4v) is 4.96. The number of pyridine rings is 1. The fourth-order valence-electron chi connectivity index (χ4n) is 3.74. The molecule has 1 atom stereocenters. The van der Waals surface area contributed by atoms with E-state index in [9.17, 15) is 4.79 Å². The van der Waals surface area contributed by atoms with E-state index in [4.69, 9.17) is 4.74 Å². The highest BCUT2D eigenvalue weighted by molar-refractivity contribution is 8.00. The number of thioether (sulfide) groups is 1. The summed E-state index contributed by atoms with van der Waals surface area (Å²) in [5, 5.41) is 1.78. The number of aromatic nitrogens is 1. The molecule has 1 amide bonds. The van der Waals surface area contributed by atoms with Crippen LogP contribution in [0.2, 0.25) is 0 Å². The summed E-state index contributed by atoms with van der Waals surface area (Å²) in [7, 11) is 0. The van der Waals surface area contributed by atoms with Crippen molar-refractivity contribution in [2.24, 2.45) is 0 Å². The molecule has 1 aromatic heterocycles. The number of ether oxygens (including phenoxy) is 1. The molecule has 4 rings (SSSR count). The zero-order chi connectivity index (χ0) is 17.1. The molecule has 4 nitrogen and oxygen atoms in total. The van der Waals surface area contributed by atoms with Crippen molar-refractivity contribution in [2.45, 2.75) is 43.5 Å². The van der Waals surface area contributed by atoms with Crippen LogP contribution in [0.4, 0.5) is 0 Å². The predicted octanol–water partition coefficient (Wildman–Crippen LogP) is 3.89. The standard InChI is InChI=1S/C20H24N2O2S/c23-19(14-25-17-7-1-2-8-17)22-12-10-16(13-22)24-18-9-3-5-15-6-4-11-21-20(15)18/h3-6,9,11,16-17H,1-2,7-8,10,12-14H2. The molecule has 0 N–H and O–H groups in total. The Morgan fingerprint density at radius 1 is 1.20 bits per heavy atom. The first-order valence-corrected chi connectivity index (χ1v) is 10.2. The fraction of sp³-hybridized carbons (Fsp3) is 0.500. The largest absolute Gasteiger partial charge is 0.486 e. The van der Waals surface area contributed by atoms with Crippen molar-refractivity contribution in [3.63, 3.8) is 0 Å². The van der Waals surface area contributed by atoms with Gasteiger partial charge in [-0.15, -0.1) is 11.8 Å². The Hall–Kier alpha value is -1.75. The average molecular weight is 356 g/mol. The molecule has 0 spiro atoms. The topological polar surface area (TPSA) is 42.4 Å². The first-order chi connectivity index (χ1) is 12.3. The number of carbonyl (C=O) groups excluding carboxylic acids is 1. The number of carbonyl (C=O) groups is 1. The van der Waals surface area contributed by atoms with Crippen LogP contribution in [0.5, 0.6) is 5.75 Å². The van der Waals surface area contributed by atoms with Crippen molar-refractivity contribution in [1.82, 2.24) is 9.88 Å². The van der Waals surface area contributed by atoms with Gasteiger partial charge in [0, 0.05) is 29.8 Å². The minimum atomic E-state index is 0.0630. The van der Waals surface area contributed by atoms with Crippen LogP contribution in [0.25, 0.3) is 10.9 Å². The number of likely N-dealkylation sites (tertiary alicyclic amines) is 1. The predicted molar refractivity (Wildman–Crippen MR) is 102 cm³/mol. The monoisotopic (exact) mass is 356 g/mol. The van der Waals surface area contributed by atoms with Crippen LogP contribution in [-0.2, 0) is 4.79 Å². The third-order valence-corrected chi connectivity index (χ3v) is 6.49. The average Bonchev–Trinajstić information content (AvgIpc) is 3.32. The first kappa shape index (κ1) is 16.7. The molecule has 132 valence electrons. The molecule has 2 aliphatic rings. The zero-order valence-corrected chi connectivity index (χ0v) is 15.2. The van der Waals surface area contributed by atoms with Crippen molar-refractivity contribution in [2.75, 3.05) is 18.8 Å². The van der Waals surface area contributed by atoms with Crippen molar-refractivity contribution >= 4 is 28.6 Å². The highest BCUT2D eigenvalue weighted by Gasteiger charge is 2.28. The van der Waals surface area contributed by atoms with Gasteiger partial charge in [0.25, 0.3) is 0 Å². The van der Waals surface area contributed by atoms with Gasteiger partial charge >= 0.3 is 0 Å². The van der Waals surface area contributed by atoms with Gasteiger partial charge in [-0.05, 0) is 25.0 Å². The summed E-state index contributed by atoms with van der Waals surface area (Å²) in [6.07, 6.45) is 7.95. The maximum absolute atomic E-state index is 12.4. The number of benzene rings is 1. The van der Waals surface area contributed by atoms with E-state index >= 15 is 0 Å². The van der Waals surface area contributed by atoms with Crippen molar-refractivity contribution in [3.05, 3.63) is 36.5 Å². The Kier molecular flexibility index (Phi) is 5.11. The third kappa shape index (κ3) is 3.92. The van der Waals surface area contributed by atoms with Crippen molar-refractivity contribution < 1.29 is 9.53 Å². The van der Waals surface area contributed by atoms with Gasteiger partial charge in [-0.3, -0.25) is 9.78 Å². The molecule has 1 saturated heterocycles. The molecule has 0 radical (unpaired) electrons. The molecule has 2 fully saturated rings. The Morgan fingerprint density at radius 2 is 2.04 bits per heavy atom. The Labute approximate surface area is 152 Å². The van der Waals surface area contributed by atoms with Crippen molar-refractivity contribution in [3.8, 4) is 5.75 Å². The number of hydrogen-bond donors (Lipinski definition) is 0. The molecule has 0 bridgehead atoms. The number of nitrogens with zero attached hydrogens (tertiary/aromatic N) is 2. The van der Waals surface area contributed by atoms with E-state index in [0.29, 0.717) is 17.5 Å². The lowest BCUT2D eigenvalue weighted by Gasteiger charge is -2.18. The van der Waals surface area contributed by atoms with Gasteiger partial charge in [-0.25, -0.2) is 0 Å². The summed E-state index contributed by atoms with van der Waals surface area (Å²) >= 11 is 1.84. The van der Waals surface area contributed by atoms with Crippen molar-refractivity contribution in [1.29, 1.82) is 0 Å². The molecule has 5 heteroatoms. The summed E-state index contributed by atoms with van der Waals surface area (Å²) in [4.78, 5) is 18.9. The molecule has 25 heavy (non-hydrogen) atoms. The van der Waals surface area contributed by atoms with E-state index in [0.717, 1.165) is 29.6 Å². The second-order valence-corrected chi connectivity index (χ2v) is 8.21. The van der Waals surface area contributed by atoms with Gasteiger partial charge in [0.15, 0.2) is 0 Å². The van der Waals surface area contributed by atoms with Crippen LogP contribution in [-0.4, -0.2) is 46.0 Å².